The first-order valence-electron chi connectivity index (χ1n) is 9.18. The van der Waals surface area contributed by atoms with E-state index < -0.39 is 0 Å². The van der Waals surface area contributed by atoms with Crippen LogP contribution in [0.1, 0.15) is 58.8 Å². The third-order valence-electron chi connectivity index (χ3n) is 7.85. The second-order valence-corrected chi connectivity index (χ2v) is 8.73. The molecule has 0 aromatic rings. The number of fused-ring (bicyclic) bond motifs is 5. The second-order valence-electron chi connectivity index (χ2n) is 8.73. The van der Waals surface area contributed by atoms with Gasteiger partial charge in [-0.3, -0.25) is 4.79 Å². The van der Waals surface area contributed by atoms with E-state index in [0.717, 1.165) is 44.1 Å². The van der Waals surface area contributed by atoms with E-state index in [1.54, 1.807) is 0 Å². The van der Waals surface area contributed by atoms with Gasteiger partial charge in [-0.2, -0.15) is 0 Å². The molecule has 6 atom stereocenters. The molecule has 2 fully saturated rings. The minimum absolute atomic E-state index is 0.0000250. The van der Waals surface area contributed by atoms with Crippen LogP contribution < -0.4 is 0 Å². The lowest BCUT2D eigenvalue weighted by Gasteiger charge is -2.59. The zero-order valence-electron chi connectivity index (χ0n) is 14.2. The fourth-order valence-electron chi connectivity index (χ4n) is 6.34. The molecular weight excluding hydrogens is 288 g/mol. The van der Waals surface area contributed by atoms with Crippen LogP contribution >= 0.6 is 0 Å². The maximum Gasteiger partial charge on any atom is 0.197 e. The Morgan fingerprint density at radius 1 is 1.17 bits per heavy atom. The van der Waals surface area contributed by atoms with Crippen molar-refractivity contribution in [2.24, 2.45) is 28.6 Å². The van der Waals surface area contributed by atoms with Crippen molar-refractivity contribution >= 4 is 5.78 Å². The van der Waals surface area contributed by atoms with Gasteiger partial charge in [0, 0.05) is 11.8 Å². The molecule has 0 spiro atoms. The summed E-state index contributed by atoms with van der Waals surface area (Å²) in [6.45, 7) is 4.53. The van der Waals surface area contributed by atoms with Crippen molar-refractivity contribution in [3.8, 4) is 0 Å². The fourth-order valence-corrected chi connectivity index (χ4v) is 6.34. The molecule has 3 nitrogen and oxygen atoms in total. The Kier molecular flexibility index (Phi) is 3.32. The van der Waals surface area contributed by atoms with Crippen molar-refractivity contribution in [1.82, 2.24) is 0 Å². The van der Waals surface area contributed by atoms with Gasteiger partial charge in [0.2, 0.25) is 0 Å². The summed E-state index contributed by atoms with van der Waals surface area (Å²) in [5, 5.41) is 20.9. The molecule has 126 valence electrons. The van der Waals surface area contributed by atoms with E-state index >= 15 is 0 Å². The van der Waals surface area contributed by atoms with Crippen molar-refractivity contribution in [2.75, 3.05) is 0 Å². The van der Waals surface area contributed by atoms with Crippen LogP contribution in [0.15, 0.2) is 23.5 Å². The zero-order valence-corrected chi connectivity index (χ0v) is 14.2. The molecule has 0 radical (unpaired) electrons. The molecule has 0 unspecified atom stereocenters. The van der Waals surface area contributed by atoms with E-state index in [-0.39, 0.29) is 28.5 Å². The number of Topliss-reactive ketones (excluding diaryl/α,β-unsaturated/α-hetero) is 1. The summed E-state index contributed by atoms with van der Waals surface area (Å²) in [4.78, 5) is 11.9. The average Bonchev–Trinajstić information content (AvgIpc) is 2.52. The normalized spacial score (nSPS) is 49.4. The SMILES string of the molecule is C[C@]12CC[C@H]3[C@@H](CCC4=C(O)C(=O)CC[C@@]43C)[C@@H]1C=CC[C@@H]2O. The number of ketones is 1. The van der Waals surface area contributed by atoms with E-state index in [0.29, 0.717) is 24.2 Å². The highest BCUT2D eigenvalue weighted by Gasteiger charge is 2.57. The van der Waals surface area contributed by atoms with E-state index in [4.69, 9.17) is 0 Å². The van der Waals surface area contributed by atoms with Gasteiger partial charge < -0.3 is 10.2 Å². The van der Waals surface area contributed by atoms with Gasteiger partial charge in [0.1, 0.15) is 0 Å². The number of aliphatic hydroxyl groups excluding tert-OH is 2. The molecule has 0 aromatic heterocycles. The summed E-state index contributed by atoms with van der Waals surface area (Å²) in [6.07, 6.45) is 10.4. The Morgan fingerprint density at radius 2 is 1.96 bits per heavy atom. The highest BCUT2D eigenvalue weighted by atomic mass is 16.3. The van der Waals surface area contributed by atoms with Gasteiger partial charge in [-0.05, 0) is 67.3 Å². The minimum Gasteiger partial charge on any atom is -0.504 e. The molecule has 0 aromatic carbocycles. The van der Waals surface area contributed by atoms with Crippen LogP contribution in [0, 0.1) is 28.6 Å². The van der Waals surface area contributed by atoms with Gasteiger partial charge >= 0.3 is 0 Å². The Morgan fingerprint density at radius 3 is 2.74 bits per heavy atom. The van der Waals surface area contributed by atoms with E-state index in [9.17, 15) is 15.0 Å². The predicted molar refractivity (Wildman–Crippen MR) is 88.8 cm³/mol. The maximum atomic E-state index is 11.9. The summed E-state index contributed by atoms with van der Waals surface area (Å²) in [6, 6.07) is 0. The average molecular weight is 316 g/mol. The third-order valence-corrected chi connectivity index (χ3v) is 7.85. The molecule has 0 aliphatic heterocycles. The number of hydrogen-bond donors (Lipinski definition) is 2. The number of allylic oxidation sites excluding steroid dienone is 3. The van der Waals surface area contributed by atoms with Crippen molar-refractivity contribution in [3.63, 3.8) is 0 Å². The Balaban J connectivity index is 1.74. The summed E-state index contributed by atoms with van der Waals surface area (Å²) in [5.74, 6) is 1.53. The number of hydrogen-bond acceptors (Lipinski definition) is 3. The first-order chi connectivity index (χ1) is 10.9. The van der Waals surface area contributed by atoms with Crippen LogP contribution in [0.5, 0.6) is 0 Å². The number of carbonyl (C=O) groups is 1. The largest absolute Gasteiger partial charge is 0.504 e. The van der Waals surface area contributed by atoms with Crippen LogP contribution in [0.4, 0.5) is 0 Å². The molecule has 4 aliphatic rings. The first kappa shape index (κ1) is 15.4. The van der Waals surface area contributed by atoms with Crippen molar-refractivity contribution < 1.29 is 15.0 Å². The third kappa shape index (κ3) is 1.95. The number of aliphatic hydroxyl groups is 2. The Bertz CT molecular complexity index is 604. The van der Waals surface area contributed by atoms with E-state index in [1.807, 2.05) is 0 Å². The quantitative estimate of drug-likeness (QED) is 0.666. The second kappa shape index (κ2) is 4.95. The van der Waals surface area contributed by atoms with Gasteiger partial charge in [0.15, 0.2) is 11.5 Å². The zero-order chi connectivity index (χ0) is 16.4. The van der Waals surface area contributed by atoms with Crippen molar-refractivity contribution in [1.29, 1.82) is 0 Å². The lowest BCUT2D eigenvalue weighted by atomic mass is 9.45. The Labute approximate surface area is 138 Å². The molecule has 0 heterocycles. The summed E-state index contributed by atoms with van der Waals surface area (Å²) >= 11 is 0. The summed E-state index contributed by atoms with van der Waals surface area (Å²) in [5.41, 5.74) is 0.998. The van der Waals surface area contributed by atoms with Crippen LogP contribution in [0.3, 0.4) is 0 Å². The molecular formula is C20H28O3. The summed E-state index contributed by atoms with van der Waals surface area (Å²) < 4.78 is 0. The lowest BCUT2D eigenvalue weighted by molar-refractivity contribution is -0.123. The van der Waals surface area contributed by atoms with Crippen LogP contribution in [-0.4, -0.2) is 22.1 Å². The molecule has 3 heteroatoms. The number of rotatable bonds is 0. The highest BCUT2D eigenvalue weighted by Crippen LogP contribution is 2.63. The number of carbonyl (C=O) groups excluding carboxylic acids is 1. The van der Waals surface area contributed by atoms with E-state index in [1.165, 1.54) is 0 Å². The lowest BCUT2D eigenvalue weighted by Crippen LogP contribution is -2.54. The van der Waals surface area contributed by atoms with Gasteiger partial charge in [0.25, 0.3) is 0 Å². The molecule has 2 saturated carbocycles. The molecule has 23 heavy (non-hydrogen) atoms. The van der Waals surface area contributed by atoms with Gasteiger partial charge in [-0.1, -0.05) is 26.0 Å². The monoisotopic (exact) mass is 316 g/mol. The maximum absolute atomic E-state index is 11.9. The van der Waals surface area contributed by atoms with Gasteiger partial charge in [-0.25, -0.2) is 0 Å². The smallest absolute Gasteiger partial charge is 0.197 e. The molecule has 0 amide bonds. The molecule has 4 rings (SSSR count). The standard InChI is InChI=1S/C20H28O3/c1-19-11-9-16(21)18(23)15(19)7-6-12-13-4-3-5-17(22)20(13,2)10-8-14(12)19/h3-4,12-14,17,22-23H,5-11H2,1-2H3/t12-,13-,14-,17-,19+,20-/m0/s1. The molecule has 4 aliphatic carbocycles. The van der Waals surface area contributed by atoms with Crippen LogP contribution in [0.2, 0.25) is 0 Å². The van der Waals surface area contributed by atoms with Crippen LogP contribution in [0.25, 0.3) is 0 Å². The fraction of sp³-hybridized carbons (Fsp3) is 0.750. The molecule has 2 N–H and O–H groups in total. The predicted octanol–water partition coefficient (Wildman–Crippen LogP) is 3.93. The molecule has 0 saturated heterocycles. The van der Waals surface area contributed by atoms with Gasteiger partial charge in [0.05, 0.1) is 6.10 Å². The van der Waals surface area contributed by atoms with Crippen molar-refractivity contribution in [2.45, 2.75) is 64.9 Å². The van der Waals surface area contributed by atoms with Crippen LogP contribution in [-0.2, 0) is 4.79 Å². The van der Waals surface area contributed by atoms with Crippen molar-refractivity contribution in [3.05, 3.63) is 23.5 Å². The topological polar surface area (TPSA) is 57.5 Å². The Hall–Kier alpha value is -1.09. The van der Waals surface area contributed by atoms with E-state index in [2.05, 4.69) is 26.0 Å². The highest BCUT2D eigenvalue weighted by molar-refractivity contribution is 5.95. The molecule has 0 bridgehead atoms. The van der Waals surface area contributed by atoms with Gasteiger partial charge in [-0.15, -0.1) is 0 Å². The minimum atomic E-state index is -0.232. The summed E-state index contributed by atoms with van der Waals surface area (Å²) in [7, 11) is 0. The first-order valence-corrected chi connectivity index (χ1v) is 9.18.